The van der Waals surface area contributed by atoms with Crippen LogP contribution in [0.1, 0.15) is 22.2 Å². The lowest BCUT2D eigenvalue weighted by Gasteiger charge is -2.08. The van der Waals surface area contributed by atoms with E-state index in [1.165, 1.54) is 24.6 Å². The molecule has 0 spiro atoms. The summed E-state index contributed by atoms with van der Waals surface area (Å²) in [4.78, 5) is 2.86. The standard InChI is InChI=1S/C14H16INS/c1-3-12-6-7-13(17-12)9-16-14-8-11(15)5-4-10(14)2/h4-8,16H,3,9H2,1-2H3. The van der Waals surface area contributed by atoms with E-state index in [2.05, 4.69) is 72.1 Å². The maximum Gasteiger partial charge on any atom is 0.0494 e. The summed E-state index contributed by atoms with van der Waals surface area (Å²) in [6.07, 6.45) is 1.13. The predicted octanol–water partition coefficient (Wildman–Crippen LogP) is 4.84. The Bertz CT molecular complexity index is 505. The van der Waals surface area contributed by atoms with Gasteiger partial charge in [0, 0.05) is 25.6 Å². The summed E-state index contributed by atoms with van der Waals surface area (Å²) >= 11 is 4.25. The van der Waals surface area contributed by atoms with Crippen LogP contribution in [-0.4, -0.2) is 0 Å². The number of anilines is 1. The van der Waals surface area contributed by atoms with Gasteiger partial charge in [-0.05, 0) is 65.8 Å². The van der Waals surface area contributed by atoms with E-state index in [1.54, 1.807) is 0 Å². The predicted molar refractivity (Wildman–Crippen MR) is 84.9 cm³/mol. The first-order chi connectivity index (χ1) is 8.19. The fraction of sp³-hybridized carbons (Fsp3) is 0.286. The summed E-state index contributed by atoms with van der Waals surface area (Å²) in [6.45, 7) is 5.27. The van der Waals surface area contributed by atoms with Crippen LogP contribution in [0.5, 0.6) is 0 Å². The van der Waals surface area contributed by atoms with Gasteiger partial charge in [-0.25, -0.2) is 0 Å². The van der Waals surface area contributed by atoms with Crippen molar-refractivity contribution in [2.45, 2.75) is 26.8 Å². The summed E-state index contributed by atoms with van der Waals surface area (Å²) in [5.74, 6) is 0. The zero-order chi connectivity index (χ0) is 12.3. The van der Waals surface area contributed by atoms with E-state index in [1.807, 2.05) is 11.3 Å². The van der Waals surface area contributed by atoms with Crippen molar-refractivity contribution in [1.82, 2.24) is 0 Å². The van der Waals surface area contributed by atoms with Crippen LogP contribution in [-0.2, 0) is 13.0 Å². The number of halogens is 1. The molecule has 0 bridgehead atoms. The molecule has 0 unspecified atom stereocenters. The maximum absolute atomic E-state index is 3.51. The Morgan fingerprint density at radius 1 is 1.18 bits per heavy atom. The zero-order valence-electron chi connectivity index (χ0n) is 10.1. The van der Waals surface area contributed by atoms with Gasteiger partial charge in [0.1, 0.15) is 0 Å². The molecule has 0 amide bonds. The van der Waals surface area contributed by atoms with Gasteiger partial charge in [0.15, 0.2) is 0 Å². The minimum Gasteiger partial charge on any atom is -0.380 e. The molecular weight excluding hydrogens is 341 g/mol. The molecule has 1 nitrogen and oxygen atoms in total. The van der Waals surface area contributed by atoms with Crippen molar-refractivity contribution in [1.29, 1.82) is 0 Å². The van der Waals surface area contributed by atoms with E-state index < -0.39 is 0 Å². The quantitative estimate of drug-likeness (QED) is 0.773. The fourth-order valence-electron chi connectivity index (χ4n) is 1.67. The second-order valence-electron chi connectivity index (χ2n) is 4.03. The minimum absolute atomic E-state index is 0.922. The van der Waals surface area contributed by atoms with Crippen LogP contribution >= 0.6 is 33.9 Å². The van der Waals surface area contributed by atoms with E-state index in [0.717, 1.165) is 13.0 Å². The third kappa shape index (κ3) is 3.45. The summed E-state index contributed by atoms with van der Waals surface area (Å²) in [5, 5.41) is 3.51. The summed E-state index contributed by atoms with van der Waals surface area (Å²) in [7, 11) is 0. The molecule has 0 saturated carbocycles. The van der Waals surface area contributed by atoms with Gasteiger partial charge < -0.3 is 5.32 Å². The Morgan fingerprint density at radius 3 is 2.65 bits per heavy atom. The van der Waals surface area contributed by atoms with E-state index in [-0.39, 0.29) is 0 Å². The number of rotatable bonds is 4. The highest BCUT2D eigenvalue weighted by molar-refractivity contribution is 14.1. The van der Waals surface area contributed by atoms with Crippen molar-refractivity contribution >= 4 is 39.6 Å². The third-order valence-corrected chi connectivity index (χ3v) is 4.62. The molecule has 0 fully saturated rings. The largest absolute Gasteiger partial charge is 0.380 e. The highest BCUT2D eigenvalue weighted by Gasteiger charge is 2.01. The van der Waals surface area contributed by atoms with Crippen LogP contribution in [0.15, 0.2) is 30.3 Å². The Balaban J connectivity index is 2.04. The van der Waals surface area contributed by atoms with Crippen molar-refractivity contribution in [3.63, 3.8) is 0 Å². The van der Waals surface area contributed by atoms with E-state index in [4.69, 9.17) is 0 Å². The van der Waals surface area contributed by atoms with Crippen LogP contribution in [0.25, 0.3) is 0 Å². The zero-order valence-corrected chi connectivity index (χ0v) is 13.1. The Labute approximate surface area is 120 Å². The van der Waals surface area contributed by atoms with E-state index in [9.17, 15) is 0 Å². The van der Waals surface area contributed by atoms with Crippen LogP contribution in [0.4, 0.5) is 5.69 Å². The SMILES string of the molecule is CCc1ccc(CNc2cc(I)ccc2C)s1. The van der Waals surface area contributed by atoms with Gasteiger partial charge >= 0.3 is 0 Å². The Morgan fingerprint density at radius 2 is 1.94 bits per heavy atom. The lowest BCUT2D eigenvalue weighted by Crippen LogP contribution is -1.99. The van der Waals surface area contributed by atoms with Crippen molar-refractivity contribution in [3.05, 3.63) is 49.2 Å². The molecule has 1 aromatic carbocycles. The highest BCUT2D eigenvalue weighted by Crippen LogP contribution is 2.21. The number of aryl methyl sites for hydroxylation is 2. The normalized spacial score (nSPS) is 10.5. The van der Waals surface area contributed by atoms with E-state index in [0.29, 0.717) is 0 Å². The molecule has 0 aliphatic carbocycles. The summed E-state index contributed by atoms with van der Waals surface area (Å²) in [6, 6.07) is 10.9. The van der Waals surface area contributed by atoms with Crippen LogP contribution in [0.3, 0.4) is 0 Å². The topological polar surface area (TPSA) is 12.0 Å². The van der Waals surface area contributed by atoms with Gasteiger partial charge in [0.25, 0.3) is 0 Å². The number of nitrogens with one attached hydrogen (secondary N) is 1. The molecule has 0 aliphatic rings. The summed E-state index contributed by atoms with van der Waals surface area (Å²) < 4.78 is 1.27. The molecule has 1 heterocycles. The monoisotopic (exact) mass is 357 g/mol. The molecule has 17 heavy (non-hydrogen) atoms. The summed E-state index contributed by atoms with van der Waals surface area (Å²) in [5.41, 5.74) is 2.54. The first kappa shape index (κ1) is 12.9. The lowest BCUT2D eigenvalue weighted by atomic mass is 10.2. The Hall–Kier alpha value is -0.550. The van der Waals surface area contributed by atoms with Gasteiger partial charge in [-0.3, -0.25) is 0 Å². The fourth-order valence-corrected chi connectivity index (χ4v) is 3.06. The molecule has 90 valence electrons. The van der Waals surface area contributed by atoms with Gasteiger partial charge in [-0.2, -0.15) is 0 Å². The molecule has 1 aromatic heterocycles. The molecule has 2 rings (SSSR count). The van der Waals surface area contributed by atoms with Gasteiger partial charge in [0.2, 0.25) is 0 Å². The van der Waals surface area contributed by atoms with Crippen molar-refractivity contribution in [2.75, 3.05) is 5.32 Å². The number of benzene rings is 1. The molecule has 0 atom stereocenters. The lowest BCUT2D eigenvalue weighted by molar-refractivity contribution is 1.18. The maximum atomic E-state index is 3.51. The number of hydrogen-bond donors (Lipinski definition) is 1. The smallest absolute Gasteiger partial charge is 0.0494 e. The molecule has 3 heteroatoms. The molecule has 0 radical (unpaired) electrons. The van der Waals surface area contributed by atoms with Crippen molar-refractivity contribution in [3.8, 4) is 0 Å². The van der Waals surface area contributed by atoms with Crippen LogP contribution in [0.2, 0.25) is 0 Å². The van der Waals surface area contributed by atoms with Gasteiger partial charge in [0.05, 0.1) is 0 Å². The molecule has 0 saturated heterocycles. The molecule has 0 aliphatic heterocycles. The Kier molecular flexibility index (Phi) is 4.45. The van der Waals surface area contributed by atoms with E-state index >= 15 is 0 Å². The van der Waals surface area contributed by atoms with Crippen molar-refractivity contribution < 1.29 is 0 Å². The van der Waals surface area contributed by atoms with Gasteiger partial charge in [-0.15, -0.1) is 11.3 Å². The third-order valence-electron chi connectivity index (χ3n) is 2.72. The van der Waals surface area contributed by atoms with Gasteiger partial charge in [-0.1, -0.05) is 13.0 Å². The average molecular weight is 357 g/mol. The highest BCUT2D eigenvalue weighted by atomic mass is 127. The average Bonchev–Trinajstić information content (AvgIpc) is 2.78. The molecule has 2 aromatic rings. The molecule has 1 N–H and O–H groups in total. The van der Waals surface area contributed by atoms with Crippen molar-refractivity contribution in [2.24, 2.45) is 0 Å². The van der Waals surface area contributed by atoms with Crippen LogP contribution < -0.4 is 5.32 Å². The second kappa shape index (κ2) is 5.87. The number of hydrogen-bond acceptors (Lipinski definition) is 2. The minimum atomic E-state index is 0.922. The molecular formula is C14H16INS. The first-order valence-corrected chi connectivity index (χ1v) is 7.66. The second-order valence-corrected chi connectivity index (χ2v) is 6.53. The van der Waals surface area contributed by atoms with Crippen LogP contribution in [0, 0.1) is 10.5 Å². The first-order valence-electron chi connectivity index (χ1n) is 5.76. The number of thiophene rings is 1.